The predicted octanol–water partition coefficient (Wildman–Crippen LogP) is 1.50. The van der Waals surface area contributed by atoms with Crippen molar-refractivity contribution in [3.8, 4) is 5.75 Å². The van der Waals surface area contributed by atoms with Gasteiger partial charge in [0.15, 0.2) is 0 Å². The Morgan fingerprint density at radius 3 is 2.94 bits per heavy atom. The van der Waals surface area contributed by atoms with Crippen LogP contribution in [0.2, 0.25) is 0 Å². The van der Waals surface area contributed by atoms with Gasteiger partial charge in [0.25, 0.3) is 0 Å². The summed E-state index contributed by atoms with van der Waals surface area (Å²) in [6.45, 7) is 2.17. The lowest BCUT2D eigenvalue weighted by molar-refractivity contribution is 0.202. The first kappa shape index (κ1) is 10.7. The summed E-state index contributed by atoms with van der Waals surface area (Å²) in [7, 11) is 0. The van der Waals surface area contributed by atoms with Gasteiger partial charge in [-0.25, -0.2) is 0 Å². The Balaban J connectivity index is 2.55. The maximum Gasteiger partial charge on any atom is 0.130 e. The molecule has 0 fully saturated rings. The summed E-state index contributed by atoms with van der Waals surface area (Å²) in [6, 6.07) is 7.35. The first-order valence-electron chi connectivity index (χ1n) is 5.11. The van der Waals surface area contributed by atoms with Crippen LogP contribution in [0.1, 0.15) is 5.69 Å². The van der Waals surface area contributed by atoms with Gasteiger partial charge >= 0.3 is 0 Å². The van der Waals surface area contributed by atoms with Gasteiger partial charge in [-0.05, 0) is 25.1 Å². The van der Waals surface area contributed by atoms with E-state index >= 15 is 0 Å². The van der Waals surface area contributed by atoms with Crippen molar-refractivity contribution in [2.75, 3.05) is 18.9 Å². The molecule has 4 heteroatoms. The number of ether oxygens (including phenoxy) is 1. The van der Waals surface area contributed by atoms with Crippen LogP contribution in [0, 0.1) is 6.92 Å². The van der Waals surface area contributed by atoms with Crippen molar-refractivity contribution in [3.63, 3.8) is 0 Å². The number of rotatable bonds is 3. The number of aliphatic hydroxyl groups excluding tert-OH is 1. The van der Waals surface area contributed by atoms with E-state index in [0.717, 1.165) is 16.6 Å². The molecule has 0 aliphatic rings. The molecular weight excluding hydrogens is 204 g/mol. The molecule has 0 radical (unpaired) electrons. The molecule has 0 unspecified atom stereocenters. The molecule has 0 aliphatic carbocycles. The fourth-order valence-corrected chi connectivity index (χ4v) is 1.61. The molecule has 2 rings (SSSR count). The highest BCUT2D eigenvalue weighted by Gasteiger charge is 2.05. The zero-order valence-corrected chi connectivity index (χ0v) is 9.10. The smallest absolute Gasteiger partial charge is 0.130 e. The predicted molar refractivity (Wildman–Crippen MR) is 63.5 cm³/mol. The first-order valence-corrected chi connectivity index (χ1v) is 5.11. The van der Waals surface area contributed by atoms with E-state index in [-0.39, 0.29) is 13.2 Å². The summed E-state index contributed by atoms with van der Waals surface area (Å²) in [5.41, 5.74) is 8.13. The fourth-order valence-electron chi connectivity index (χ4n) is 1.61. The van der Waals surface area contributed by atoms with E-state index < -0.39 is 0 Å². The molecule has 0 atom stereocenters. The molecule has 1 aromatic carbocycles. The molecule has 0 bridgehead atoms. The molecule has 1 heterocycles. The molecular formula is C12H14N2O2. The minimum absolute atomic E-state index is 0.00875. The third-order valence-corrected chi connectivity index (χ3v) is 2.27. The van der Waals surface area contributed by atoms with Gasteiger partial charge in [-0.15, -0.1) is 0 Å². The van der Waals surface area contributed by atoms with Crippen LogP contribution < -0.4 is 10.5 Å². The number of anilines is 1. The first-order chi connectivity index (χ1) is 7.70. The van der Waals surface area contributed by atoms with Crippen LogP contribution in [0.15, 0.2) is 24.3 Å². The molecule has 1 aromatic heterocycles. The van der Waals surface area contributed by atoms with Crippen molar-refractivity contribution in [2.24, 2.45) is 0 Å². The van der Waals surface area contributed by atoms with Gasteiger partial charge in [-0.2, -0.15) is 0 Å². The number of aromatic nitrogens is 1. The molecule has 0 saturated heterocycles. The minimum Gasteiger partial charge on any atom is -0.490 e. The molecule has 0 spiro atoms. The number of nitrogens with two attached hydrogens (primary N) is 1. The van der Waals surface area contributed by atoms with Crippen LogP contribution in [0.3, 0.4) is 0 Å². The topological polar surface area (TPSA) is 68.4 Å². The van der Waals surface area contributed by atoms with E-state index in [1.807, 2.05) is 31.2 Å². The van der Waals surface area contributed by atoms with Crippen molar-refractivity contribution in [3.05, 3.63) is 30.0 Å². The number of hydrogen-bond donors (Lipinski definition) is 2. The zero-order valence-electron chi connectivity index (χ0n) is 9.10. The largest absolute Gasteiger partial charge is 0.490 e. The zero-order chi connectivity index (χ0) is 11.5. The molecule has 0 saturated carbocycles. The Labute approximate surface area is 93.7 Å². The number of aliphatic hydroxyl groups is 1. The van der Waals surface area contributed by atoms with Crippen LogP contribution in [-0.4, -0.2) is 23.3 Å². The van der Waals surface area contributed by atoms with E-state index in [0.29, 0.717) is 11.4 Å². The van der Waals surface area contributed by atoms with Crippen molar-refractivity contribution >= 4 is 16.6 Å². The van der Waals surface area contributed by atoms with Crippen LogP contribution in [0.4, 0.5) is 5.69 Å². The van der Waals surface area contributed by atoms with Crippen molar-refractivity contribution in [1.29, 1.82) is 0 Å². The lowest BCUT2D eigenvalue weighted by Gasteiger charge is -2.09. The standard InChI is InChI=1S/C12H14N2O2/c1-8-6-12(16-5-4-15)10-7-9(13)2-3-11(10)14-8/h2-3,6-7,15H,4-5,13H2,1H3. The van der Waals surface area contributed by atoms with Gasteiger partial charge in [0.2, 0.25) is 0 Å². The number of pyridine rings is 1. The second-order valence-corrected chi connectivity index (χ2v) is 3.61. The van der Waals surface area contributed by atoms with Gasteiger partial charge in [-0.1, -0.05) is 0 Å². The summed E-state index contributed by atoms with van der Waals surface area (Å²) in [5.74, 6) is 0.712. The number of fused-ring (bicyclic) bond motifs is 1. The van der Waals surface area contributed by atoms with Crippen LogP contribution >= 0.6 is 0 Å². The Morgan fingerprint density at radius 2 is 2.19 bits per heavy atom. The minimum atomic E-state index is -0.00875. The molecule has 0 aliphatic heterocycles. The summed E-state index contributed by atoms with van der Waals surface area (Å²) in [5, 5.41) is 9.63. The van der Waals surface area contributed by atoms with Gasteiger partial charge in [0, 0.05) is 22.8 Å². The number of benzene rings is 1. The summed E-state index contributed by atoms with van der Waals surface area (Å²) in [4.78, 5) is 4.39. The van der Waals surface area contributed by atoms with E-state index in [1.165, 1.54) is 0 Å². The van der Waals surface area contributed by atoms with Crippen molar-refractivity contribution < 1.29 is 9.84 Å². The van der Waals surface area contributed by atoms with E-state index in [9.17, 15) is 0 Å². The third kappa shape index (κ3) is 2.06. The summed E-state index contributed by atoms with van der Waals surface area (Å²) in [6.07, 6.45) is 0. The van der Waals surface area contributed by atoms with E-state index in [2.05, 4.69) is 4.98 Å². The van der Waals surface area contributed by atoms with Gasteiger partial charge in [0.05, 0.1) is 12.1 Å². The average Bonchev–Trinajstić information content (AvgIpc) is 2.26. The van der Waals surface area contributed by atoms with Crippen LogP contribution in [0.25, 0.3) is 10.9 Å². The lowest BCUT2D eigenvalue weighted by atomic mass is 10.1. The van der Waals surface area contributed by atoms with Gasteiger partial charge < -0.3 is 15.6 Å². The quantitative estimate of drug-likeness (QED) is 0.766. The second-order valence-electron chi connectivity index (χ2n) is 3.61. The Bertz CT molecular complexity index is 512. The highest BCUT2D eigenvalue weighted by atomic mass is 16.5. The molecule has 0 amide bonds. The normalized spacial score (nSPS) is 10.6. The molecule has 4 nitrogen and oxygen atoms in total. The van der Waals surface area contributed by atoms with Crippen molar-refractivity contribution in [2.45, 2.75) is 6.92 Å². The van der Waals surface area contributed by atoms with Crippen LogP contribution in [-0.2, 0) is 0 Å². The maximum atomic E-state index is 8.76. The van der Waals surface area contributed by atoms with Gasteiger partial charge in [-0.3, -0.25) is 4.98 Å². The molecule has 2 aromatic rings. The Kier molecular flexibility index (Phi) is 2.92. The highest BCUT2D eigenvalue weighted by Crippen LogP contribution is 2.27. The SMILES string of the molecule is Cc1cc(OCCO)c2cc(N)ccc2n1. The maximum absolute atomic E-state index is 8.76. The third-order valence-electron chi connectivity index (χ3n) is 2.27. The second kappa shape index (κ2) is 4.37. The monoisotopic (exact) mass is 218 g/mol. The average molecular weight is 218 g/mol. The Morgan fingerprint density at radius 1 is 1.38 bits per heavy atom. The summed E-state index contributed by atoms with van der Waals surface area (Å²) >= 11 is 0. The van der Waals surface area contributed by atoms with Crippen LogP contribution in [0.5, 0.6) is 5.75 Å². The summed E-state index contributed by atoms with van der Waals surface area (Å²) < 4.78 is 5.46. The molecule has 3 N–H and O–H groups in total. The van der Waals surface area contributed by atoms with Gasteiger partial charge in [0.1, 0.15) is 12.4 Å². The number of aryl methyl sites for hydroxylation is 1. The lowest BCUT2D eigenvalue weighted by Crippen LogP contribution is -2.03. The highest BCUT2D eigenvalue weighted by molar-refractivity contribution is 5.87. The number of nitrogens with zero attached hydrogens (tertiary/aromatic N) is 1. The van der Waals surface area contributed by atoms with E-state index in [4.69, 9.17) is 15.6 Å². The number of nitrogen functional groups attached to an aromatic ring is 1. The number of hydrogen-bond acceptors (Lipinski definition) is 4. The van der Waals surface area contributed by atoms with E-state index in [1.54, 1.807) is 0 Å². The molecule has 84 valence electrons. The molecule has 16 heavy (non-hydrogen) atoms. The van der Waals surface area contributed by atoms with Crippen molar-refractivity contribution in [1.82, 2.24) is 4.98 Å². The fraction of sp³-hybridized carbons (Fsp3) is 0.250. The Hall–Kier alpha value is -1.81.